The standard InChI is InChI=1S/C14H20N4O5S.ClH/c1-10(15)14(19)17-7-5-16(6-8-17)12-4-3-11(24(2,22)23)9-13(12)18(20)21;/h3-4,9-10H,5-8,15H2,1-2H3;1H/t10-;/m1./s1. The lowest BCUT2D eigenvalue weighted by Gasteiger charge is -2.36. The van der Waals surface area contributed by atoms with Crippen molar-refractivity contribution in [2.45, 2.75) is 17.9 Å². The fraction of sp³-hybridized carbons (Fsp3) is 0.500. The first-order valence-corrected chi connectivity index (χ1v) is 9.28. The predicted molar refractivity (Wildman–Crippen MR) is 95.9 cm³/mol. The number of nitrogens with zero attached hydrogens (tertiary/aromatic N) is 3. The van der Waals surface area contributed by atoms with E-state index in [1.165, 1.54) is 12.1 Å². The van der Waals surface area contributed by atoms with Gasteiger partial charge in [-0.15, -0.1) is 12.4 Å². The first-order valence-electron chi connectivity index (χ1n) is 7.39. The van der Waals surface area contributed by atoms with Gasteiger partial charge in [-0.25, -0.2) is 8.42 Å². The number of rotatable bonds is 4. The second kappa shape index (κ2) is 7.98. The molecule has 1 amide bonds. The van der Waals surface area contributed by atoms with Gasteiger partial charge in [-0.1, -0.05) is 0 Å². The smallest absolute Gasteiger partial charge is 0.293 e. The molecule has 0 radical (unpaired) electrons. The maximum atomic E-state index is 11.9. The Bertz CT molecular complexity index is 760. The van der Waals surface area contributed by atoms with Crippen molar-refractivity contribution in [3.05, 3.63) is 28.3 Å². The van der Waals surface area contributed by atoms with Crippen LogP contribution in [0, 0.1) is 10.1 Å². The summed E-state index contributed by atoms with van der Waals surface area (Å²) in [7, 11) is -3.53. The van der Waals surface area contributed by atoms with Crippen LogP contribution in [0.15, 0.2) is 23.1 Å². The maximum Gasteiger partial charge on any atom is 0.293 e. The molecule has 1 fully saturated rings. The predicted octanol–water partition coefficient (Wildman–Crippen LogP) is 0.416. The summed E-state index contributed by atoms with van der Waals surface area (Å²) in [6, 6.07) is 3.29. The van der Waals surface area contributed by atoms with Gasteiger partial charge in [0, 0.05) is 38.5 Å². The van der Waals surface area contributed by atoms with Crippen LogP contribution in [0.3, 0.4) is 0 Å². The van der Waals surface area contributed by atoms with Crippen molar-refractivity contribution in [3.8, 4) is 0 Å². The monoisotopic (exact) mass is 392 g/mol. The van der Waals surface area contributed by atoms with Gasteiger partial charge in [0.25, 0.3) is 5.69 Å². The third-order valence-corrected chi connectivity index (χ3v) is 5.00. The summed E-state index contributed by atoms with van der Waals surface area (Å²) >= 11 is 0. The van der Waals surface area contributed by atoms with Gasteiger partial charge in [0.1, 0.15) is 5.69 Å². The fourth-order valence-corrected chi connectivity index (χ4v) is 3.24. The molecular weight excluding hydrogens is 372 g/mol. The van der Waals surface area contributed by atoms with Crippen molar-refractivity contribution in [3.63, 3.8) is 0 Å². The average Bonchev–Trinajstić information content (AvgIpc) is 2.52. The van der Waals surface area contributed by atoms with E-state index in [1.54, 1.807) is 16.7 Å². The molecule has 2 rings (SSSR count). The maximum absolute atomic E-state index is 11.9. The highest BCUT2D eigenvalue weighted by Crippen LogP contribution is 2.31. The summed E-state index contributed by atoms with van der Waals surface area (Å²) in [5, 5.41) is 11.3. The quantitative estimate of drug-likeness (QED) is 0.580. The summed E-state index contributed by atoms with van der Waals surface area (Å²) < 4.78 is 23.2. The number of piperazine rings is 1. The van der Waals surface area contributed by atoms with Crippen molar-refractivity contribution in [2.24, 2.45) is 5.73 Å². The molecule has 1 aromatic carbocycles. The van der Waals surface area contributed by atoms with E-state index in [-0.39, 0.29) is 28.9 Å². The lowest BCUT2D eigenvalue weighted by molar-refractivity contribution is -0.384. The van der Waals surface area contributed by atoms with Crippen molar-refractivity contribution in [1.82, 2.24) is 4.90 Å². The Morgan fingerprint density at radius 2 is 1.84 bits per heavy atom. The molecule has 0 saturated carbocycles. The van der Waals surface area contributed by atoms with Gasteiger partial charge in [0.15, 0.2) is 9.84 Å². The zero-order chi connectivity index (χ0) is 18.1. The normalized spacial score (nSPS) is 16.1. The SMILES string of the molecule is C[C@@H](N)C(=O)N1CCN(c2ccc(S(C)(=O)=O)cc2[N+](=O)[O-])CC1.Cl. The minimum absolute atomic E-state index is 0. The molecule has 0 aromatic heterocycles. The van der Waals surface area contributed by atoms with Crippen LogP contribution in [0.1, 0.15) is 6.92 Å². The van der Waals surface area contributed by atoms with Crippen molar-refractivity contribution >= 4 is 39.5 Å². The molecule has 0 bridgehead atoms. The number of halogens is 1. The number of sulfone groups is 1. The van der Waals surface area contributed by atoms with Crippen LogP contribution in [0.25, 0.3) is 0 Å². The third-order valence-electron chi connectivity index (χ3n) is 3.89. The lowest BCUT2D eigenvalue weighted by atomic mass is 10.2. The summed E-state index contributed by atoms with van der Waals surface area (Å²) in [6.07, 6.45) is 1.00. The third kappa shape index (κ3) is 4.80. The molecule has 0 spiro atoms. The molecule has 1 aliphatic heterocycles. The van der Waals surface area contributed by atoms with Crippen LogP contribution < -0.4 is 10.6 Å². The van der Waals surface area contributed by atoms with Gasteiger partial charge >= 0.3 is 0 Å². The van der Waals surface area contributed by atoms with E-state index in [0.717, 1.165) is 12.3 Å². The van der Waals surface area contributed by atoms with Gasteiger partial charge in [-0.05, 0) is 19.1 Å². The Morgan fingerprint density at radius 3 is 2.28 bits per heavy atom. The number of hydrogen-bond acceptors (Lipinski definition) is 7. The number of anilines is 1. The molecule has 11 heteroatoms. The highest BCUT2D eigenvalue weighted by molar-refractivity contribution is 7.90. The number of carbonyl (C=O) groups excluding carboxylic acids is 1. The number of hydrogen-bond donors (Lipinski definition) is 1. The molecule has 1 aliphatic rings. The molecule has 1 atom stereocenters. The topological polar surface area (TPSA) is 127 Å². The van der Waals surface area contributed by atoms with Crippen LogP contribution in [0.5, 0.6) is 0 Å². The Labute approximate surface area is 152 Å². The molecule has 1 heterocycles. The van der Waals surface area contributed by atoms with Gasteiger partial charge in [-0.2, -0.15) is 0 Å². The Morgan fingerprint density at radius 1 is 1.28 bits per heavy atom. The zero-order valence-electron chi connectivity index (χ0n) is 13.9. The molecular formula is C14H21ClN4O5S. The first-order chi connectivity index (χ1) is 11.1. The van der Waals surface area contributed by atoms with Gasteiger partial charge in [0.2, 0.25) is 5.91 Å². The van der Waals surface area contributed by atoms with Crippen molar-refractivity contribution in [1.29, 1.82) is 0 Å². The van der Waals surface area contributed by atoms with Crippen LogP contribution >= 0.6 is 12.4 Å². The van der Waals surface area contributed by atoms with Crippen molar-refractivity contribution < 1.29 is 18.1 Å². The number of nitrogens with two attached hydrogens (primary N) is 1. The average molecular weight is 393 g/mol. The zero-order valence-corrected chi connectivity index (χ0v) is 15.5. The lowest BCUT2D eigenvalue weighted by Crippen LogP contribution is -2.52. The summed E-state index contributed by atoms with van der Waals surface area (Å²) in [4.78, 5) is 25.9. The number of benzene rings is 1. The molecule has 2 N–H and O–H groups in total. The van der Waals surface area contributed by atoms with Gasteiger partial charge in [0.05, 0.1) is 15.9 Å². The molecule has 9 nitrogen and oxygen atoms in total. The number of nitro benzene ring substituents is 1. The van der Waals surface area contributed by atoms with E-state index >= 15 is 0 Å². The molecule has 140 valence electrons. The second-order valence-electron chi connectivity index (χ2n) is 5.78. The highest BCUT2D eigenvalue weighted by atomic mass is 35.5. The first kappa shape index (κ1) is 21.1. The van der Waals surface area contributed by atoms with E-state index in [9.17, 15) is 23.3 Å². The molecule has 0 aliphatic carbocycles. The van der Waals surface area contributed by atoms with Crippen LogP contribution in [0.4, 0.5) is 11.4 Å². The second-order valence-corrected chi connectivity index (χ2v) is 7.80. The summed E-state index contributed by atoms with van der Waals surface area (Å²) in [5.74, 6) is -0.156. The largest absolute Gasteiger partial charge is 0.362 e. The van der Waals surface area contributed by atoms with Crippen LogP contribution in [-0.4, -0.2) is 62.6 Å². The van der Waals surface area contributed by atoms with Crippen LogP contribution in [0.2, 0.25) is 0 Å². The van der Waals surface area contributed by atoms with Crippen LogP contribution in [-0.2, 0) is 14.6 Å². The minimum Gasteiger partial charge on any atom is -0.362 e. The number of nitro groups is 1. The number of amides is 1. The Hall–Kier alpha value is -1.91. The summed E-state index contributed by atoms with van der Waals surface area (Å²) in [5.41, 5.74) is 5.67. The van der Waals surface area contributed by atoms with E-state index in [4.69, 9.17) is 5.73 Å². The van der Waals surface area contributed by atoms with E-state index in [2.05, 4.69) is 0 Å². The molecule has 1 saturated heterocycles. The Balaban J connectivity index is 0.00000312. The molecule has 25 heavy (non-hydrogen) atoms. The van der Waals surface area contributed by atoms with Crippen molar-refractivity contribution in [2.75, 3.05) is 37.3 Å². The minimum atomic E-state index is -3.53. The highest BCUT2D eigenvalue weighted by Gasteiger charge is 2.27. The van der Waals surface area contributed by atoms with E-state index in [0.29, 0.717) is 31.9 Å². The number of carbonyl (C=O) groups is 1. The molecule has 0 unspecified atom stereocenters. The van der Waals surface area contributed by atoms with E-state index < -0.39 is 20.8 Å². The Kier molecular flexibility index (Phi) is 6.75. The van der Waals surface area contributed by atoms with E-state index in [1.807, 2.05) is 0 Å². The van der Waals surface area contributed by atoms with Gasteiger partial charge < -0.3 is 15.5 Å². The fourth-order valence-electron chi connectivity index (χ4n) is 2.60. The van der Waals surface area contributed by atoms with Gasteiger partial charge in [-0.3, -0.25) is 14.9 Å². The summed E-state index contributed by atoms with van der Waals surface area (Å²) in [6.45, 7) is 3.26. The molecule has 1 aromatic rings.